The second kappa shape index (κ2) is 5.65. The van der Waals surface area contributed by atoms with Crippen molar-refractivity contribution in [2.45, 2.75) is 29.8 Å². The third-order valence-electron chi connectivity index (χ3n) is 3.04. The molecule has 1 aromatic heterocycles. The van der Waals surface area contributed by atoms with E-state index in [-0.39, 0.29) is 28.8 Å². The molecule has 2 heterocycles. The van der Waals surface area contributed by atoms with Gasteiger partial charge in [-0.1, -0.05) is 0 Å². The Morgan fingerprint density at radius 3 is 2.71 bits per heavy atom. The minimum atomic E-state index is -3.79. The van der Waals surface area contributed by atoms with Crippen molar-refractivity contribution in [3.63, 3.8) is 0 Å². The highest BCUT2D eigenvalue weighted by Gasteiger charge is 2.39. The van der Waals surface area contributed by atoms with Gasteiger partial charge in [-0.05, 0) is 26.0 Å². The van der Waals surface area contributed by atoms with E-state index in [1.54, 1.807) is 13.8 Å². The largest absolute Gasteiger partial charge is 0.477 e. The molecule has 0 amide bonds. The number of ether oxygens (including phenoxy) is 1. The van der Waals surface area contributed by atoms with Gasteiger partial charge in [-0.25, -0.2) is 13.2 Å². The van der Waals surface area contributed by atoms with Crippen LogP contribution in [0, 0.1) is 0 Å². The molecule has 2 rings (SSSR count). The van der Waals surface area contributed by atoms with E-state index in [0.717, 1.165) is 11.3 Å². The highest BCUT2D eigenvalue weighted by molar-refractivity contribution is 7.91. The van der Waals surface area contributed by atoms with Crippen LogP contribution >= 0.6 is 11.3 Å². The number of sulfonamides is 1. The number of carboxylic acids is 1. The Bertz CT molecular complexity index is 636. The monoisotopic (exact) mass is 335 g/mol. The summed E-state index contributed by atoms with van der Waals surface area (Å²) in [5, 5.41) is 18.1. The smallest absolute Gasteiger partial charge is 0.345 e. The van der Waals surface area contributed by atoms with Crippen LogP contribution < -0.4 is 0 Å². The first kappa shape index (κ1) is 16.4. The summed E-state index contributed by atoms with van der Waals surface area (Å²) in [6, 6.07) is 2.56. The minimum absolute atomic E-state index is 0.0192. The van der Waals surface area contributed by atoms with Gasteiger partial charge < -0.3 is 14.9 Å². The van der Waals surface area contributed by atoms with Crippen molar-refractivity contribution in [3.05, 3.63) is 17.0 Å². The van der Waals surface area contributed by atoms with E-state index in [1.165, 1.54) is 16.4 Å². The number of thiophene rings is 1. The molecule has 1 aliphatic heterocycles. The van der Waals surface area contributed by atoms with Gasteiger partial charge in [0.2, 0.25) is 0 Å². The van der Waals surface area contributed by atoms with Gasteiger partial charge in [0.15, 0.2) is 0 Å². The van der Waals surface area contributed by atoms with E-state index in [4.69, 9.17) is 9.84 Å². The second-order valence-electron chi connectivity index (χ2n) is 5.40. The molecule has 0 bridgehead atoms. The van der Waals surface area contributed by atoms with Crippen molar-refractivity contribution in [2.24, 2.45) is 0 Å². The fraction of sp³-hybridized carbons (Fsp3) is 0.583. The van der Waals surface area contributed by atoms with E-state index in [9.17, 15) is 18.3 Å². The number of aromatic carboxylic acids is 1. The van der Waals surface area contributed by atoms with Crippen molar-refractivity contribution < 1.29 is 28.2 Å². The first-order valence-corrected chi connectivity index (χ1v) is 8.53. The van der Waals surface area contributed by atoms with Crippen LogP contribution in [0.25, 0.3) is 0 Å². The van der Waals surface area contributed by atoms with Crippen LogP contribution in [-0.2, 0) is 14.8 Å². The molecule has 1 aliphatic rings. The van der Waals surface area contributed by atoms with Crippen molar-refractivity contribution in [3.8, 4) is 0 Å². The lowest BCUT2D eigenvalue weighted by molar-refractivity contribution is -0.131. The van der Waals surface area contributed by atoms with Crippen molar-refractivity contribution in [1.29, 1.82) is 0 Å². The Kier molecular flexibility index (Phi) is 4.41. The molecule has 118 valence electrons. The van der Waals surface area contributed by atoms with Crippen molar-refractivity contribution in [2.75, 3.05) is 19.7 Å². The molecule has 2 N–H and O–H groups in total. The summed E-state index contributed by atoms with van der Waals surface area (Å²) in [7, 11) is -3.79. The number of carbonyl (C=O) groups is 1. The van der Waals surface area contributed by atoms with Gasteiger partial charge in [-0.15, -0.1) is 11.3 Å². The van der Waals surface area contributed by atoms with Crippen LogP contribution in [0.2, 0.25) is 0 Å². The Labute approximate surface area is 126 Å². The molecular weight excluding hydrogens is 318 g/mol. The predicted molar refractivity (Wildman–Crippen MR) is 76.1 cm³/mol. The minimum Gasteiger partial charge on any atom is -0.477 e. The van der Waals surface area contributed by atoms with Crippen molar-refractivity contribution in [1.82, 2.24) is 4.31 Å². The van der Waals surface area contributed by atoms with Crippen molar-refractivity contribution >= 4 is 27.3 Å². The van der Waals surface area contributed by atoms with Crippen LogP contribution in [0.4, 0.5) is 0 Å². The van der Waals surface area contributed by atoms with Gasteiger partial charge in [0.1, 0.15) is 9.09 Å². The second-order valence-corrected chi connectivity index (χ2v) is 8.65. The molecule has 1 fully saturated rings. The van der Waals surface area contributed by atoms with Gasteiger partial charge in [0.25, 0.3) is 10.0 Å². The standard InChI is InChI=1S/C12H17NO6S2/c1-12(2)7-13(5-8(6-14)19-12)21(17,18)10-4-3-9(20-10)11(15)16/h3-4,8,14H,5-7H2,1-2H3,(H,15,16). The average molecular weight is 335 g/mol. The fourth-order valence-corrected chi connectivity index (χ4v) is 5.14. The highest BCUT2D eigenvalue weighted by atomic mass is 32.2. The van der Waals surface area contributed by atoms with Gasteiger partial charge >= 0.3 is 5.97 Å². The zero-order chi connectivity index (χ0) is 15.8. The molecule has 0 saturated carbocycles. The summed E-state index contributed by atoms with van der Waals surface area (Å²) in [5.74, 6) is -1.16. The molecule has 0 radical (unpaired) electrons. The average Bonchev–Trinajstić information content (AvgIpc) is 2.87. The van der Waals surface area contributed by atoms with Gasteiger partial charge in [0.05, 0.1) is 18.3 Å². The van der Waals surface area contributed by atoms with Crippen LogP contribution in [-0.4, -0.2) is 60.3 Å². The SMILES string of the molecule is CC1(C)CN(S(=O)(=O)c2ccc(C(=O)O)s2)CC(CO)O1. The van der Waals surface area contributed by atoms with E-state index in [0.29, 0.717) is 0 Å². The Balaban J connectivity index is 2.31. The molecule has 1 atom stereocenters. The summed E-state index contributed by atoms with van der Waals surface area (Å²) in [5.41, 5.74) is -0.717. The highest BCUT2D eigenvalue weighted by Crippen LogP contribution is 2.30. The zero-order valence-corrected chi connectivity index (χ0v) is 13.3. The first-order chi connectivity index (χ1) is 9.65. The summed E-state index contributed by atoms with van der Waals surface area (Å²) in [4.78, 5) is 10.8. The number of rotatable bonds is 4. The van der Waals surface area contributed by atoms with E-state index in [1.807, 2.05) is 0 Å². The Hall–Kier alpha value is -1.00. The Morgan fingerprint density at radius 2 is 2.19 bits per heavy atom. The normalized spacial score (nSPS) is 23.1. The molecular formula is C12H17NO6S2. The third kappa shape index (κ3) is 3.43. The van der Waals surface area contributed by atoms with Gasteiger partial charge in [-0.3, -0.25) is 0 Å². The molecule has 1 unspecified atom stereocenters. The maximum Gasteiger partial charge on any atom is 0.345 e. The number of hydrogen-bond acceptors (Lipinski definition) is 6. The molecule has 0 aromatic carbocycles. The molecule has 1 aromatic rings. The molecule has 0 aliphatic carbocycles. The van der Waals surface area contributed by atoms with E-state index >= 15 is 0 Å². The molecule has 7 nitrogen and oxygen atoms in total. The summed E-state index contributed by atoms with van der Waals surface area (Å²) in [6.45, 7) is 3.40. The summed E-state index contributed by atoms with van der Waals surface area (Å²) >= 11 is 0.718. The summed E-state index contributed by atoms with van der Waals surface area (Å²) < 4.78 is 31.9. The van der Waals surface area contributed by atoms with Crippen LogP contribution in [0.5, 0.6) is 0 Å². The number of carboxylic acid groups (broad SMARTS) is 1. The topological polar surface area (TPSA) is 104 Å². The predicted octanol–water partition coefficient (Wildman–Crippen LogP) is 0.607. The lowest BCUT2D eigenvalue weighted by Gasteiger charge is -2.41. The lowest BCUT2D eigenvalue weighted by atomic mass is 10.1. The molecule has 1 saturated heterocycles. The molecule has 21 heavy (non-hydrogen) atoms. The molecule has 0 spiro atoms. The number of aliphatic hydroxyl groups is 1. The van der Waals surface area contributed by atoms with E-state index in [2.05, 4.69) is 0 Å². The van der Waals surface area contributed by atoms with Crippen LogP contribution in [0.15, 0.2) is 16.3 Å². The number of aliphatic hydroxyl groups excluding tert-OH is 1. The maximum absolute atomic E-state index is 12.6. The Morgan fingerprint density at radius 1 is 1.52 bits per heavy atom. The lowest BCUT2D eigenvalue weighted by Crippen LogP contribution is -2.55. The van der Waals surface area contributed by atoms with E-state index < -0.39 is 27.7 Å². The molecule has 9 heteroatoms. The number of morpholine rings is 1. The van der Waals surface area contributed by atoms with Gasteiger partial charge in [-0.2, -0.15) is 4.31 Å². The zero-order valence-electron chi connectivity index (χ0n) is 11.6. The number of nitrogens with zero attached hydrogens (tertiary/aromatic N) is 1. The quantitative estimate of drug-likeness (QED) is 0.835. The summed E-state index contributed by atoms with van der Waals surface area (Å²) in [6.07, 6.45) is -0.595. The van der Waals surface area contributed by atoms with Crippen LogP contribution in [0.3, 0.4) is 0 Å². The fourth-order valence-electron chi connectivity index (χ4n) is 2.22. The number of hydrogen-bond donors (Lipinski definition) is 2. The first-order valence-electron chi connectivity index (χ1n) is 6.28. The maximum atomic E-state index is 12.6. The van der Waals surface area contributed by atoms with Crippen LogP contribution in [0.1, 0.15) is 23.5 Å². The van der Waals surface area contributed by atoms with Gasteiger partial charge in [0, 0.05) is 13.1 Å². The third-order valence-corrected chi connectivity index (χ3v) is 6.39.